The molecule has 3 unspecified atom stereocenters. The number of hydrogen-bond donors (Lipinski definition) is 0. The summed E-state index contributed by atoms with van der Waals surface area (Å²) >= 11 is 0. The monoisotopic (exact) mass is 436 g/mol. The molecule has 0 radical (unpaired) electrons. The molecule has 3 aromatic rings. The number of aryl methyl sites for hydroxylation is 1. The zero-order chi connectivity index (χ0) is 22.8. The van der Waals surface area contributed by atoms with Crippen molar-refractivity contribution in [1.29, 1.82) is 0 Å². The molecule has 3 heterocycles. The Balaban J connectivity index is 1.63. The van der Waals surface area contributed by atoms with Crippen molar-refractivity contribution in [3.05, 3.63) is 48.2 Å². The SMILES string of the molecule is CCn1ncc2c(C(=O)OC(C)C(=O)N3CC(C)OC(C)C3)cc(-c3ccccc3)nc21. The molecule has 1 aromatic carbocycles. The van der Waals surface area contributed by atoms with E-state index in [-0.39, 0.29) is 18.1 Å². The standard InChI is InChI=1S/C24H28N4O4/c1-5-28-22-20(12-25-28)19(11-21(26-22)18-9-7-6-8-10-18)24(30)32-17(4)23(29)27-13-15(2)31-16(3)14-27/h6-12,15-17H,5,13-14H2,1-4H3. The normalized spacial score (nSPS) is 19.7. The van der Waals surface area contributed by atoms with E-state index in [1.807, 2.05) is 51.1 Å². The molecule has 0 aliphatic carbocycles. The minimum absolute atomic E-state index is 0.0567. The molecule has 1 aliphatic rings. The zero-order valence-corrected chi connectivity index (χ0v) is 18.8. The second-order valence-electron chi connectivity index (χ2n) is 8.17. The van der Waals surface area contributed by atoms with Crippen LogP contribution in [0, 0.1) is 0 Å². The lowest BCUT2D eigenvalue weighted by molar-refractivity contribution is -0.151. The molecule has 0 N–H and O–H groups in total. The number of pyridine rings is 1. The predicted octanol–water partition coefficient (Wildman–Crippen LogP) is 3.30. The molecule has 168 valence electrons. The first-order chi connectivity index (χ1) is 15.4. The lowest BCUT2D eigenvalue weighted by atomic mass is 10.1. The van der Waals surface area contributed by atoms with Crippen molar-refractivity contribution >= 4 is 22.9 Å². The fourth-order valence-electron chi connectivity index (χ4n) is 4.09. The van der Waals surface area contributed by atoms with Crippen LogP contribution in [0.2, 0.25) is 0 Å². The van der Waals surface area contributed by atoms with Crippen LogP contribution in [0.3, 0.4) is 0 Å². The molecule has 2 aromatic heterocycles. The summed E-state index contributed by atoms with van der Waals surface area (Å²) in [5, 5.41) is 4.95. The number of benzene rings is 1. The van der Waals surface area contributed by atoms with Crippen LogP contribution in [0.15, 0.2) is 42.6 Å². The molecule has 8 heteroatoms. The van der Waals surface area contributed by atoms with Gasteiger partial charge in [0.1, 0.15) is 0 Å². The maximum Gasteiger partial charge on any atom is 0.339 e. The van der Waals surface area contributed by atoms with Crippen LogP contribution >= 0.6 is 0 Å². The number of rotatable bonds is 5. The van der Waals surface area contributed by atoms with Gasteiger partial charge in [-0.15, -0.1) is 0 Å². The number of amides is 1. The highest BCUT2D eigenvalue weighted by Gasteiger charge is 2.31. The Morgan fingerprint density at radius 3 is 2.53 bits per heavy atom. The van der Waals surface area contributed by atoms with E-state index in [1.54, 1.807) is 28.8 Å². The number of morpholine rings is 1. The maximum atomic E-state index is 13.2. The van der Waals surface area contributed by atoms with Gasteiger partial charge in [-0.1, -0.05) is 30.3 Å². The molecular formula is C24H28N4O4. The van der Waals surface area contributed by atoms with Gasteiger partial charge in [-0.2, -0.15) is 5.10 Å². The number of esters is 1. The van der Waals surface area contributed by atoms with E-state index in [4.69, 9.17) is 14.5 Å². The summed E-state index contributed by atoms with van der Waals surface area (Å²) in [6.45, 7) is 9.00. The quantitative estimate of drug-likeness (QED) is 0.571. The Morgan fingerprint density at radius 1 is 1.19 bits per heavy atom. The largest absolute Gasteiger partial charge is 0.449 e. The highest BCUT2D eigenvalue weighted by molar-refractivity contribution is 6.04. The van der Waals surface area contributed by atoms with E-state index < -0.39 is 12.1 Å². The molecule has 1 fully saturated rings. The van der Waals surface area contributed by atoms with Gasteiger partial charge in [0, 0.05) is 25.2 Å². The van der Waals surface area contributed by atoms with Crippen LogP contribution in [0.4, 0.5) is 0 Å². The van der Waals surface area contributed by atoms with Gasteiger partial charge in [0.2, 0.25) is 0 Å². The van der Waals surface area contributed by atoms with Gasteiger partial charge in [-0.25, -0.2) is 14.5 Å². The van der Waals surface area contributed by atoms with Crippen LogP contribution in [0.25, 0.3) is 22.3 Å². The van der Waals surface area contributed by atoms with Gasteiger partial charge in [0.05, 0.1) is 35.0 Å². The number of nitrogens with zero attached hydrogens (tertiary/aromatic N) is 4. The first-order valence-corrected chi connectivity index (χ1v) is 10.9. The minimum atomic E-state index is -0.912. The maximum absolute atomic E-state index is 13.2. The zero-order valence-electron chi connectivity index (χ0n) is 18.8. The number of aromatic nitrogens is 3. The van der Waals surface area contributed by atoms with Gasteiger partial charge in [-0.05, 0) is 33.8 Å². The highest BCUT2D eigenvalue weighted by Crippen LogP contribution is 2.26. The molecule has 0 bridgehead atoms. The Kier molecular flexibility index (Phi) is 6.23. The molecule has 0 saturated carbocycles. The van der Waals surface area contributed by atoms with E-state index in [0.717, 1.165) is 5.56 Å². The van der Waals surface area contributed by atoms with Crippen molar-refractivity contribution in [2.24, 2.45) is 0 Å². The number of hydrogen-bond acceptors (Lipinski definition) is 6. The van der Waals surface area contributed by atoms with Gasteiger partial charge in [0.15, 0.2) is 11.8 Å². The van der Waals surface area contributed by atoms with E-state index in [9.17, 15) is 9.59 Å². The van der Waals surface area contributed by atoms with Crippen LogP contribution in [-0.2, 0) is 20.8 Å². The summed E-state index contributed by atoms with van der Waals surface area (Å²) in [6.07, 6.45) is 0.594. The predicted molar refractivity (Wildman–Crippen MR) is 120 cm³/mol. The Hall–Kier alpha value is -3.26. The Morgan fingerprint density at radius 2 is 1.88 bits per heavy atom. The lowest BCUT2D eigenvalue weighted by Gasteiger charge is -2.36. The van der Waals surface area contributed by atoms with Crippen LogP contribution in [0.1, 0.15) is 38.1 Å². The minimum Gasteiger partial charge on any atom is -0.449 e. The fourth-order valence-corrected chi connectivity index (χ4v) is 4.09. The Labute approximate surface area is 187 Å². The van der Waals surface area contributed by atoms with Gasteiger partial charge in [-0.3, -0.25) is 4.79 Å². The summed E-state index contributed by atoms with van der Waals surface area (Å²) in [4.78, 5) is 32.5. The van der Waals surface area contributed by atoms with Crippen molar-refractivity contribution in [1.82, 2.24) is 19.7 Å². The Bertz CT molecular complexity index is 1120. The molecule has 32 heavy (non-hydrogen) atoms. The van der Waals surface area contributed by atoms with Gasteiger partial charge in [0.25, 0.3) is 5.91 Å². The summed E-state index contributed by atoms with van der Waals surface area (Å²) in [6, 6.07) is 11.3. The number of fused-ring (bicyclic) bond motifs is 1. The second-order valence-corrected chi connectivity index (χ2v) is 8.17. The second kappa shape index (κ2) is 9.08. The summed E-state index contributed by atoms with van der Waals surface area (Å²) < 4.78 is 13.1. The van der Waals surface area contributed by atoms with Crippen LogP contribution < -0.4 is 0 Å². The van der Waals surface area contributed by atoms with Crippen molar-refractivity contribution in [2.45, 2.75) is 52.6 Å². The molecule has 1 saturated heterocycles. The number of carbonyl (C=O) groups excluding carboxylic acids is 2. The average molecular weight is 437 g/mol. The van der Waals surface area contributed by atoms with Crippen molar-refractivity contribution in [3.63, 3.8) is 0 Å². The average Bonchev–Trinajstić information content (AvgIpc) is 3.20. The molecule has 4 rings (SSSR count). The molecule has 3 atom stereocenters. The van der Waals surface area contributed by atoms with Gasteiger partial charge >= 0.3 is 5.97 Å². The van der Waals surface area contributed by atoms with Crippen molar-refractivity contribution in [3.8, 4) is 11.3 Å². The summed E-state index contributed by atoms with van der Waals surface area (Å²) in [5.41, 5.74) is 2.48. The van der Waals surface area contributed by atoms with Crippen molar-refractivity contribution in [2.75, 3.05) is 13.1 Å². The van der Waals surface area contributed by atoms with Crippen LogP contribution in [-0.4, -0.2) is 62.9 Å². The van der Waals surface area contributed by atoms with Gasteiger partial charge < -0.3 is 14.4 Å². The topological polar surface area (TPSA) is 86.6 Å². The highest BCUT2D eigenvalue weighted by atomic mass is 16.5. The first kappa shape index (κ1) is 22.0. The molecule has 0 spiro atoms. The first-order valence-electron chi connectivity index (χ1n) is 10.9. The van der Waals surface area contributed by atoms with E-state index in [2.05, 4.69) is 5.10 Å². The van der Waals surface area contributed by atoms with Crippen molar-refractivity contribution < 1.29 is 19.1 Å². The molecule has 8 nitrogen and oxygen atoms in total. The van der Waals surface area contributed by atoms with E-state index in [1.165, 1.54) is 0 Å². The molecule has 1 amide bonds. The third-order valence-electron chi connectivity index (χ3n) is 5.56. The lowest BCUT2D eigenvalue weighted by Crippen LogP contribution is -2.51. The summed E-state index contributed by atoms with van der Waals surface area (Å²) in [5.74, 6) is -0.793. The molecular weight excluding hydrogens is 408 g/mol. The third kappa shape index (κ3) is 4.36. The third-order valence-corrected chi connectivity index (χ3v) is 5.56. The molecule has 1 aliphatic heterocycles. The number of carbonyl (C=O) groups is 2. The van der Waals surface area contributed by atoms with Crippen LogP contribution in [0.5, 0.6) is 0 Å². The summed E-state index contributed by atoms with van der Waals surface area (Å²) in [7, 11) is 0. The smallest absolute Gasteiger partial charge is 0.339 e. The van der Waals surface area contributed by atoms with E-state index in [0.29, 0.717) is 41.9 Å². The fraction of sp³-hybridized carbons (Fsp3) is 0.417. The number of ether oxygens (including phenoxy) is 2. The van der Waals surface area contributed by atoms with E-state index >= 15 is 0 Å².